The monoisotopic (exact) mass is 310 g/mol. The van der Waals surface area contributed by atoms with Gasteiger partial charge in [0.2, 0.25) is 10.0 Å². The van der Waals surface area contributed by atoms with Crippen molar-refractivity contribution in [2.24, 2.45) is 5.73 Å². The van der Waals surface area contributed by atoms with Crippen molar-refractivity contribution in [2.45, 2.75) is 31.3 Å². The van der Waals surface area contributed by atoms with Crippen molar-refractivity contribution in [1.82, 2.24) is 4.72 Å². The molecule has 0 fully saturated rings. The Labute approximate surface area is 123 Å². The van der Waals surface area contributed by atoms with Crippen molar-refractivity contribution in [3.63, 3.8) is 0 Å². The molecule has 0 bridgehead atoms. The van der Waals surface area contributed by atoms with Gasteiger partial charge in [0.25, 0.3) is 0 Å². The first-order valence-electron chi connectivity index (χ1n) is 6.29. The van der Waals surface area contributed by atoms with E-state index in [-0.39, 0.29) is 10.9 Å². The molecule has 2 rings (SSSR count). The Hall–Kier alpha value is -1.21. The van der Waals surface area contributed by atoms with Crippen molar-refractivity contribution in [1.29, 1.82) is 0 Å². The minimum absolute atomic E-state index is 0.103. The Kier molecular flexibility index (Phi) is 4.59. The Morgan fingerprint density at radius 1 is 1.20 bits per heavy atom. The molecule has 1 atom stereocenters. The molecule has 2 aromatic rings. The maximum atomic E-state index is 12.2. The molecule has 0 saturated carbocycles. The summed E-state index contributed by atoms with van der Waals surface area (Å²) >= 11 is 1.59. The molecule has 6 heteroatoms. The molecule has 1 heterocycles. The number of aryl methyl sites for hydroxylation is 1. The average Bonchev–Trinajstić information content (AvgIpc) is 2.82. The number of hydrogen-bond acceptors (Lipinski definition) is 4. The zero-order valence-electron chi connectivity index (χ0n) is 11.5. The molecular weight excluding hydrogens is 292 g/mol. The molecule has 0 aliphatic heterocycles. The highest BCUT2D eigenvalue weighted by Gasteiger charge is 2.14. The van der Waals surface area contributed by atoms with Gasteiger partial charge >= 0.3 is 0 Å². The van der Waals surface area contributed by atoms with Crippen molar-refractivity contribution >= 4 is 21.4 Å². The number of nitrogens with one attached hydrogen (secondary N) is 1. The second-order valence-corrected chi connectivity index (χ2v) is 7.83. The fourth-order valence-electron chi connectivity index (χ4n) is 1.78. The minimum atomic E-state index is -3.48. The number of nitrogens with two attached hydrogens (primary N) is 1. The van der Waals surface area contributed by atoms with Crippen LogP contribution in [0.4, 0.5) is 0 Å². The van der Waals surface area contributed by atoms with Crippen molar-refractivity contribution in [3.8, 4) is 0 Å². The summed E-state index contributed by atoms with van der Waals surface area (Å²) in [6, 6.07) is 10.5. The SMILES string of the molecule is Cc1ccc(CNS(=O)(=O)c2ccc(C(C)N)cc2)s1. The average molecular weight is 310 g/mol. The summed E-state index contributed by atoms with van der Waals surface area (Å²) in [6.45, 7) is 4.17. The van der Waals surface area contributed by atoms with Crippen LogP contribution >= 0.6 is 11.3 Å². The smallest absolute Gasteiger partial charge is 0.240 e. The zero-order chi connectivity index (χ0) is 14.8. The predicted octanol–water partition coefficient (Wildman–Crippen LogP) is 2.55. The molecule has 1 unspecified atom stereocenters. The Morgan fingerprint density at radius 2 is 1.85 bits per heavy atom. The van der Waals surface area contributed by atoms with Gasteiger partial charge in [-0.05, 0) is 43.7 Å². The van der Waals surface area contributed by atoms with Gasteiger partial charge in [-0.15, -0.1) is 11.3 Å². The Bertz CT molecular complexity index is 673. The van der Waals surface area contributed by atoms with E-state index in [1.54, 1.807) is 35.6 Å². The predicted molar refractivity (Wildman–Crippen MR) is 82.1 cm³/mol. The van der Waals surface area contributed by atoms with E-state index in [1.165, 1.54) is 4.88 Å². The highest BCUT2D eigenvalue weighted by molar-refractivity contribution is 7.89. The van der Waals surface area contributed by atoms with Gasteiger partial charge in [-0.2, -0.15) is 0 Å². The normalized spacial score (nSPS) is 13.3. The van der Waals surface area contributed by atoms with Gasteiger partial charge in [-0.25, -0.2) is 13.1 Å². The number of sulfonamides is 1. The number of rotatable bonds is 5. The van der Waals surface area contributed by atoms with Crippen molar-refractivity contribution in [2.75, 3.05) is 0 Å². The van der Waals surface area contributed by atoms with Gasteiger partial charge in [0.05, 0.1) is 4.90 Å². The largest absolute Gasteiger partial charge is 0.324 e. The molecular formula is C14H18N2O2S2. The topological polar surface area (TPSA) is 72.2 Å². The Balaban J connectivity index is 2.09. The van der Waals surface area contributed by atoms with Crippen LogP contribution in [0.2, 0.25) is 0 Å². The van der Waals surface area contributed by atoms with E-state index in [1.807, 2.05) is 26.0 Å². The molecule has 108 valence electrons. The first-order valence-corrected chi connectivity index (χ1v) is 8.59. The molecule has 0 saturated heterocycles. The second-order valence-electron chi connectivity index (χ2n) is 4.69. The second kappa shape index (κ2) is 6.05. The van der Waals surface area contributed by atoms with Crippen LogP contribution in [0.25, 0.3) is 0 Å². The number of hydrogen-bond donors (Lipinski definition) is 2. The molecule has 1 aromatic heterocycles. The fraction of sp³-hybridized carbons (Fsp3) is 0.286. The van der Waals surface area contributed by atoms with Gasteiger partial charge in [0, 0.05) is 22.3 Å². The standard InChI is InChI=1S/C14H18N2O2S2/c1-10-3-6-13(19-10)9-16-20(17,18)14-7-4-12(5-8-14)11(2)15/h3-8,11,16H,9,15H2,1-2H3. The van der Waals surface area contributed by atoms with Gasteiger partial charge < -0.3 is 5.73 Å². The van der Waals surface area contributed by atoms with E-state index in [9.17, 15) is 8.42 Å². The molecule has 0 spiro atoms. The van der Waals surface area contributed by atoms with Crippen LogP contribution in [0.3, 0.4) is 0 Å². The van der Waals surface area contributed by atoms with E-state index in [4.69, 9.17) is 5.73 Å². The van der Waals surface area contributed by atoms with Crippen LogP contribution in [0, 0.1) is 6.92 Å². The molecule has 0 radical (unpaired) electrons. The summed E-state index contributed by atoms with van der Waals surface area (Å²) in [5.41, 5.74) is 6.66. The summed E-state index contributed by atoms with van der Waals surface area (Å²) < 4.78 is 26.9. The van der Waals surface area contributed by atoms with Crippen LogP contribution in [0.1, 0.15) is 28.3 Å². The Morgan fingerprint density at radius 3 is 2.35 bits per heavy atom. The van der Waals surface area contributed by atoms with Gasteiger partial charge in [-0.3, -0.25) is 0 Å². The maximum Gasteiger partial charge on any atom is 0.240 e. The molecule has 3 N–H and O–H groups in total. The number of benzene rings is 1. The summed E-state index contributed by atoms with van der Waals surface area (Å²) in [5, 5.41) is 0. The van der Waals surface area contributed by atoms with Crippen LogP contribution in [0.5, 0.6) is 0 Å². The highest BCUT2D eigenvalue weighted by Crippen LogP contribution is 2.17. The third kappa shape index (κ3) is 3.67. The van der Waals surface area contributed by atoms with Gasteiger partial charge in [-0.1, -0.05) is 12.1 Å². The first-order chi connectivity index (χ1) is 9.38. The van der Waals surface area contributed by atoms with Gasteiger partial charge in [0.1, 0.15) is 0 Å². The lowest BCUT2D eigenvalue weighted by Gasteiger charge is -2.08. The van der Waals surface area contributed by atoms with E-state index >= 15 is 0 Å². The molecule has 4 nitrogen and oxygen atoms in total. The summed E-state index contributed by atoms with van der Waals surface area (Å²) in [4.78, 5) is 2.42. The third-order valence-corrected chi connectivity index (χ3v) is 5.37. The quantitative estimate of drug-likeness (QED) is 0.891. The zero-order valence-corrected chi connectivity index (χ0v) is 13.1. The number of thiophene rings is 1. The first kappa shape index (κ1) is 15.2. The lowest BCUT2D eigenvalue weighted by atomic mass is 10.1. The van der Waals surface area contributed by atoms with Crippen LogP contribution in [-0.4, -0.2) is 8.42 Å². The lowest BCUT2D eigenvalue weighted by molar-refractivity contribution is 0.581. The van der Waals surface area contributed by atoms with E-state index in [0.717, 1.165) is 10.4 Å². The third-order valence-electron chi connectivity index (χ3n) is 2.95. The van der Waals surface area contributed by atoms with Crippen LogP contribution < -0.4 is 10.5 Å². The van der Waals surface area contributed by atoms with Crippen LogP contribution in [-0.2, 0) is 16.6 Å². The fourth-order valence-corrected chi connectivity index (χ4v) is 3.71. The van der Waals surface area contributed by atoms with E-state index < -0.39 is 10.0 Å². The summed E-state index contributed by atoms with van der Waals surface area (Å²) in [6.07, 6.45) is 0. The summed E-state index contributed by atoms with van der Waals surface area (Å²) in [5.74, 6) is 0. The van der Waals surface area contributed by atoms with E-state index in [0.29, 0.717) is 6.54 Å². The summed E-state index contributed by atoms with van der Waals surface area (Å²) in [7, 11) is -3.48. The lowest BCUT2D eigenvalue weighted by Crippen LogP contribution is -2.22. The van der Waals surface area contributed by atoms with E-state index in [2.05, 4.69) is 4.72 Å². The minimum Gasteiger partial charge on any atom is -0.324 e. The molecule has 20 heavy (non-hydrogen) atoms. The van der Waals surface area contributed by atoms with Gasteiger partial charge in [0.15, 0.2) is 0 Å². The molecule has 0 amide bonds. The molecule has 1 aromatic carbocycles. The highest BCUT2D eigenvalue weighted by atomic mass is 32.2. The molecule has 0 aliphatic carbocycles. The maximum absolute atomic E-state index is 12.2. The van der Waals surface area contributed by atoms with Crippen LogP contribution in [0.15, 0.2) is 41.3 Å². The van der Waals surface area contributed by atoms with Crippen molar-refractivity contribution < 1.29 is 8.42 Å². The van der Waals surface area contributed by atoms with Crippen molar-refractivity contribution in [3.05, 3.63) is 51.7 Å². The molecule has 0 aliphatic rings.